The van der Waals surface area contributed by atoms with E-state index in [0.29, 0.717) is 12.1 Å². The van der Waals surface area contributed by atoms with E-state index < -0.39 is 30.6 Å². The van der Waals surface area contributed by atoms with Crippen molar-refractivity contribution in [2.24, 2.45) is 0 Å². The Morgan fingerprint density at radius 3 is 2.50 bits per heavy atom. The van der Waals surface area contributed by atoms with Gasteiger partial charge in [0.25, 0.3) is 5.03 Å². The molecule has 0 N–H and O–H groups in total. The highest BCUT2D eigenvalue weighted by Crippen LogP contribution is 2.18. The van der Waals surface area contributed by atoms with Crippen LogP contribution in [0, 0.1) is 15.9 Å². The Labute approximate surface area is 81.9 Å². The Kier molecular flexibility index (Phi) is 2.67. The van der Waals surface area contributed by atoms with Crippen LogP contribution in [0.1, 0.15) is 0 Å². The predicted octanol–water partition coefficient (Wildman–Crippen LogP) is 1.06. The first-order valence-electron chi connectivity index (χ1n) is 3.07. The summed E-state index contributed by atoms with van der Waals surface area (Å²) in [6, 6.07) is 0.987. The maximum Gasteiger partial charge on any atom is 0.367 e. The first-order chi connectivity index (χ1) is 6.30. The minimum Gasteiger partial charge on any atom is -0.358 e. The molecule has 6 nitrogen and oxygen atoms in total. The summed E-state index contributed by atoms with van der Waals surface area (Å²) in [5.74, 6) is -2.00. The number of aromatic nitrogens is 1. The standard InChI is InChI=1S/C5H2ClFN2O4S/c6-14(12,13)5-2-3(7)1-4(8-5)9(10)11/h1-2H. The van der Waals surface area contributed by atoms with E-state index in [9.17, 15) is 22.9 Å². The van der Waals surface area contributed by atoms with Crippen molar-refractivity contribution >= 4 is 25.6 Å². The van der Waals surface area contributed by atoms with E-state index in [0.717, 1.165) is 0 Å². The summed E-state index contributed by atoms with van der Waals surface area (Å²) in [6.07, 6.45) is 0. The van der Waals surface area contributed by atoms with Crippen molar-refractivity contribution in [2.75, 3.05) is 0 Å². The average molecular weight is 241 g/mol. The highest BCUT2D eigenvalue weighted by molar-refractivity contribution is 8.13. The number of halogens is 2. The minimum atomic E-state index is -4.26. The molecular weight excluding hydrogens is 239 g/mol. The molecule has 14 heavy (non-hydrogen) atoms. The number of pyridine rings is 1. The number of nitrogens with zero attached hydrogens (tertiary/aromatic N) is 2. The molecule has 0 aliphatic carbocycles. The van der Waals surface area contributed by atoms with Crippen molar-refractivity contribution in [1.29, 1.82) is 0 Å². The van der Waals surface area contributed by atoms with E-state index in [-0.39, 0.29) is 0 Å². The van der Waals surface area contributed by atoms with Gasteiger partial charge in [-0.05, 0) is 9.91 Å². The topological polar surface area (TPSA) is 90.2 Å². The summed E-state index contributed by atoms with van der Waals surface area (Å²) >= 11 is 0. The fourth-order valence-electron chi connectivity index (χ4n) is 0.679. The molecule has 0 aliphatic heterocycles. The van der Waals surface area contributed by atoms with E-state index in [2.05, 4.69) is 4.98 Å². The maximum absolute atomic E-state index is 12.7. The zero-order valence-electron chi connectivity index (χ0n) is 6.35. The molecule has 0 amide bonds. The fraction of sp³-hybridized carbons (Fsp3) is 0. The van der Waals surface area contributed by atoms with Crippen molar-refractivity contribution in [3.05, 3.63) is 28.1 Å². The van der Waals surface area contributed by atoms with Gasteiger partial charge in [0.05, 0.1) is 6.07 Å². The summed E-state index contributed by atoms with van der Waals surface area (Å²) in [5.41, 5.74) is 0. The van der Waals surface area contributed by atoms with E-state index in [4.69, 9.17) is 10.7 Å². The quantitative estimate of drug-likeness (QED) is 0.438. The van der Waals surface area contributed by atoms with Crippen molar-refractivity contribution in [2.45, 2.75) is 5.03 Å². The third-order valence-electron chi connectivity index (χ3n) is 1.19. The van der Waals surface area contributed by atoms with Crippen LogP contribution in [0.3, 0.4) is 0 Å². The van der Waals surface area contributed by atoms with Gasteiger partial charge < -0.3 is 10.1 Å². The van der Waals surface area contributed by atoms with Crippen LogP contribution in [0.2, 0.25) is 0 Å². The van der Waals surface area contributed by atoms with E-state index >= 15 is 0 Å². The van der Waals surface area contributed by atoms with Gasteiger partial charge in [-0.1, -0.05) is 0 Å². The second kappa shape index (κ2) is 3.46. The molecule has 0 fully saturated rings. The predicted molar refractivity (Wildman–Crippen MR) is 43.9 cm³/mol. The van der Waals surface area contributed by atoms with Gasteiger partial charge >= 0.3 is 14.9 Å². The molecule has 1 heterocycles. The SMILES string of the molecule is O=[N+]([O-])c1cc(F)cc(S(=O)(=O)Cl)n1. The molecule has 0 saturated heterocycles. The highest BCUT2D eigenvalue weighted by Gasteiger charge is 2.22. The van der Waals surface area contributed by atoms with Crippen LogP contribution in [0.15, 0.2) is 17.2 Å². The molecule has 76 valence electrons. The second-order valence-corrected chi connectivity index (χ2v) is 4.69. The first-order valence-corrected chi connectivity index (χ1v) is 5.38. The molecule has 0 bridgehead atoms. The van der Waals surface area contributed by atoms with Gasteiger partial charge in [-0.2, -0.15) is 0 Å². The smallest absolute Gasteiger partial charge is 0.358 e. The molecular formula is C5H2ClFN2O4S. The van der Waals surface area contributed by atoms with Crippen LogP contribution < -0.4 is 0 Å². The monoisotopic (exact) mass is 240 g/mol. The van der Waals surface area contributed by atoms with Crippen molar-refractivity contribution in [3.63, 3.8) is 0 Å². The third kappa shape index (κ3) is 2.36. The Morgan fingerprint density at radius 2 is 2.07 bits per heavy atom. The summed E-state index contributed by atoms with van der Waals surface area (Å²) in [5, 5.41) is 9.29. The number of nitro groups is 1. The molecule has 1 aromatic heterocycles. The summed E-state index contributed by atoms with van der Waals surface area (Å²) in [7, 11) is 0.563. The van der Waals surface area contributed by atoms with Crippen LogP contribution >= 0.6 is 10.7 Å². The minimum absolute atomic E-state index is 0.492. The van der Waals surface area contributed by atoms with Gasteiger partial charge in [0.2, 0.25) is 0 Å². The molecule has 0 atom stereocenters. The maximum atomic E-state index is 12.7. The summed E-state index contributed by atoms with van der Waals surface area (Å²) in [4.78, 5) is 12.2. The largest absolute Gasteiger partial charge is 0.367 e. The van der Waals surface area contributed by atoms with E-state index in [1.54, 1.807) is 0 Å². The molecule has 0 saturated carbocycles. The van der Waals surface area contributed by atoms with Crippen LogP contribution in [-0.2, 0) is 9.05 Å². The summed E-state index contributed by atoms with van der Waals surface area (Å²) in [6.45, 7) is 0. The van der Waals surface area contributed by atoms with Crippen LogP contribution in [0.5, 0.6) is 0 Å². The van der Waals surface area contributed by atoms with Gasteiger partial charge in [-0.3, -0.25) is 0 Å². The molecule has 9 heteroatoms. The lowest BCUT2D eigenvalue weighted by molar-refractivity contribution is -0.390. The Morgan fingerprint density at radius 1 is 1.50 bits per heavy atom. The van der Waals surface area contributed by atoms with Gasteiger partial charge in [0.15, 0.2) is 0 Å². The Balaban J connectivity index is 3.43. The zero-order chi connectivity index (χ0) is 10.9. The lowest BCUT2D eigenvalue weighted by atomic mass is 10.4. The van der Waals surface area contributed by atoms with Crippen LogP contribution in [0.4, 0.5) is 10.2 Å². The first kappa shape index (κ1) is 10.8. The average Bonchev–Trinajstić information content (AvgIpc) is 2.01. The lowest BCUT2D eigenvalue weighted by Gasteiger charge is -1.93. The van der Waals surface area contributed by atoms with Gasteiger partial charge in [-0.15, -0.1) is 0 Å². The molecule has 0 unspecified atom stereocenters. The molecule has 0 aliphatic rings. The third-order valence-corrected chi connectivity index (χ3v) is 2.37. The second-order valence-electron chi connectivity index (χ2n) is 2.18. The van der Waals surface area contributed by atoms with Crippen LogP contribution in [0.25, 0.3) is 0 Å². The van der Waals surface area contributed by atoms with Gasteiger partial charge in [0.1, 0.15) is 5.82 Å². The van der Waals surface area contributed by atoms with Gasteiger partial charge in [0, 0.05) is 16.7 Å². The fourth-order valence-corrected chi connectivity index (χ4v) is 1.37. The lowest BCUT2D eigenvalue weighted by Crippen LogP contribution is -2.00. The van der Waals surface area contributed by atoms with Crippen molar-refractivity contribution in [3.8, 4) is 0 Å². The number of rotatable bonds is 2. The number of hydrogen-bond acceptors (Lipinski definition) is 5. The van der Waals surface area contributed by atoms with E-state index in [1.807, 2.05) is 0 Å². The normalized spacial score (nSPS) is 11.3. The van der Waals surface area contributed by atoms with Crippen LogP contribution in [-0.4, -0.2) is 18.3 Å². The van der Waals surface area contributed by atoms with E-state index in [1.165, 1.54) is 0 Å². The van der Waals surface area contributed by atoms with Gasteiger partial charge in [-0.25, -0.2) is 12.8 Å². The molecule has 0 spiro atoms. The molecule has 0 aromatic carbocycles. The Bertz CT molecular complexity index is 489. The molecule has 0 radical (unpaired) electrons. The van der Waals surface area contributed by atoms with Crippen molar-refractivity contribution in [1.82, 2.24) is 4.98 Å². The Hall–Kier alpha value is -1.28. The molecule has 1 rings (SSSR count). The number of hydrogen-bond donors (Lipinski definition) is 0. The molecule has 1 aromatic rings. The highest BCUT2D eigenvalue weighted by atomic mass is 35.7. The zero-order valence-corrected chi connectivity index (χ0v) is 7.92. The van der Waals surface area contributed by atoms with Crippen molar-refractivity contribution < 1.29 is 17.7 Å². The summed E-state index contributed by atoms with van der Waals surface area (Å²) < 4.78 is 34.0.